The van der Waals surface area contributed by atoms with E-state index in [2.05, 4.69) is 0 Å². The van der Waals surface area contributed by atoms with E-state index in [9.17, 15) is 31.1 Å². The lowest BCUT2D eigenvalue weighted by Gasteiger charge is -2.23. The number of fused-ring (bicyclic) bond motifs is 1. The summed E-state index contributed by atoms with van der Waals surface area (Å²) in [7, 11) is 0. The van der Waals surface area contributed by atoms with Gasteiger partial charge in [-0.1, -0.05) is 11.6 Å². The first kappa shape index (κ1) is 17.8. The molecule has 1 aromatic carbocycles. The fourth-order valence-corrected chi connectivity index (χ4v) is 3.19. The van der Waals surface area contributed by atoms with E-state index in [1.165, 1.54) is 6.07 Å². The summed E-state index contributed by atoms with van der Waals surface area (Å²) in [6.07, 6.45) is -5.61. The van der Waals surface area contributed by atoms with Gasteiger partial charge in [0.05, 0.1) is 11.1 Å². The minimum absolute atomic E-state index is 0.0506. The first-order valence-corrected chi connectivity index (χ1v) is 7.53. The summed E-state index contributed by atoms with van der Waals surface area (Å²) in [4.78, 5) is 11.8. The standard InChI is InChI=1S/C16H10ClF6NO/c17-9-3-8(4-10(18)5-9)6-24-7-11(16(21,22)23)13-12(24)1-2-15(19,20)14(13)25/h3-5,7H,1-2,6H2. The predicted molar refractivity (Wildman–Crippen MR) is 77.5 cm³/mol. The third-order valence-electron chi connectivity index (χ3n) is 4.01. The molecule has 25 heavy (non-hydrogen) atoms. The monoisotopic (exact) mass is 381 g/mol. The van der Waals surface area contributed by atoms with E-state index >= 15 is 0 Å². The Kier molecular flexibility index (Phi) is 4.14. The van der Waals surface area contributed by atoms with Gasteiger partial charge in [0, 0.05) is 29.9 Å². The number of halogens is 7. The summed E-state index contributed by atoms with van der Waals surface area (Å²) in [5, 5.41) is 0.0506. The lowest BCUT2D eigenvalue weighted by atomic mass is 9.90. The first-order valence-electron chi connectivity index (χ1n) is 7.16. The molecule has 1 heterocycles. The van der Waals surface area contributed by atoms with E-state index in [1.54, 1.807) is 0 Å². The van der Waals surface area contributed by atoms with E-state index in [4.69, 9.17) is 11.6 Å². The lowest BCUT2D eigenvalue weighted by Crippen LogP contribution is -2.35. The molecule has 0 fully saturated rings. The van der Waals surface area contributed by atoms with Crippen molar-refractivity contribution < 1.29 is 31.1 Å². The topological polar surface area (TPSA) is 22.0 Å². The van der Waals surface area contributed by atoms with Gasteiger partial charge in [-0.2, -0.15) is 22.0 Å². The van der Waals surface area contributed by atoms with E-state index in [-0.39, 0.29) is 22.8 Å². The maximum Gasteiger partial charge on any atom is 0.418 e. The highest BCUT2D eigenvalue weighted by molar-refractivity contribution is 6.30. The molecule has 0 atom stereocenters. The average Bonchev–Trinajstić information content (AvgIpc) is 2.81. The van der Waals surface area contributed by atoms with Crippen molar-refractivity contribution in [1.82, 2.24) is 4.57 Å². The van der Waals surface area contributed by atoms with Gasteiger partial charge in [0.1, 0.15) is 5.82 Å². The second kappa shape index (κ2) is 5.79. The van der Waals surface area contributed by atoms with Crippen LogP contribution < -0.4 is 0 Å². The van der Waals surface area contributed by atoms with Gasteiger partial charge in [-0.3, -0.25) is 4.79 Å². The summed E-state index contributed by atoms with van der Waals surface area (Å²) in [6.45, 7) is -0.227. The van der Waals surface area contributed by atoms with Crippen LogP contribution in [0.4, 0.5) is 26.3 Å². The van der Waals surface area contributed by atoms with Gasteiger partial charge in [0.2, 0.25) is 5.78 Å². The van der Waals surface area contributed by atoms with Gasteiger partial charge in [0.25, 0.3) is 0 Å². The van der Waals surface area contributed by atoms with Gasteiger partial charge in [-0.05, 0) is 30.2 Å². The summed E-state index contributed by atoms with van der Waals surface area (Å²) < 4.78 is 81.2. The number of nitrogens with zero attached hydrogens (tertiary/aromatic N) is 1. The number of benzene rings is 1. The molecule has 0 saturated carbocycles. The van der Waals surface area contributed by atoms with Crippen LogP contribution in [0.3, 0.4) is 0 Å². The van der Waals surface area contributed by atoms with Gasteiger partial charge in [-0.25, -0.2) is 4.39 Å². The fourth-order valence-electron chi connectivity index (χ4n) is 2.95. The van der Waals surface area contributed by atoms with Crippen molar-refractivity contribution in [2.45, 2.75) is 31.5 Å². The van der Waals surface area contributed by atoms with E-state index in [0.29, 0.717) is 6.20 Å². The molecule has 3 rings (SSSR count). The number of carbonyl (C=O) groups is 1. The van der Waals surface area contributed by atoms with Gasteiger partial charge in [0.15, 0.2) is 0 Å². The minimum Gasteiger partial charge on any atom is -0.346 e. The Morgan fingerprint density at radius 1 is 1.20 bits per heavy atom. The van der Waals surface area contributed by atoms with Crippen LogP contribution in [-0.4, -0.2) is 16.3 Å². The quantitative estimate of drug-likeness (QED) is 0.662. The summed E-state index contributed by atoms with van der Waals surface area (Å²) in [5.74, 6) is -6.35. The molecular weight excluding hydrogens is 372 g/mol. The second-order valence-corrected chi connectivity index (χ2v) is 6.24. The summed E-state index contributed by atoms with van der Waals surface area (Å²) in [6, 6.07) is 3.45. The van der Waals surface area contributed by atoms with Crippen molar-refractivity contribution in [3.63, 3.8) is 0 Å². The molecule has 1 aliphatic carbocycles. The van der Waals surface area contributed by atoms with Crippen LogP contribution in [0.5, 0.6) is 0 Å². The summed E-state index contributed by atoms with van der Waals surface area (Å²) >= 11 is 5.72. The van der Waals surface area contributed by atoms with Crippen LogP contribution in [-0.2, 0) is 19.1 Å². The van der Waals surface area contributed by atoms with Crippen LogP contribution in [0.2, 0.25) is 5.02 Å². The molecule has 134 valence electrons. The number of rotatable bonds is 2. The molecule has 0 amide bonds. The number of aromatic nitrogens is 1. The highest BCUT2D eigenvalue weighted by Crippen LogP contribution is 2.42. The zero-order chi connectivity index (χ0) is 18.6. The van der Waals surface area contributed by atoms with E-state index < -0.39 is 47.7 Å². The normalized spacial score (nSPS) is 16.8. The number of hydrogen-bond donors (Lipinski definition) is 0. The molecule has 0 radical (unpaired) electrons. The lowest BCUT2D eigenvalue weighted by molar-refractivity contribution is -0.138. The Morgan fingerprint density at radius 3 is 2.48 bits per heavy atom. The molecule has 0 N–H and O–H groups in total. The predicted octanol–water partition coefficient (Wildman–Crippen LogP) is 5.11. The van der Waals surface area contributed by atoms with Crippen LogP contribution in [0, 0.1) is 5.82 Å². The highest BCUT2D eigenvalue weighted by atomic mass is 35.5. The Balaban J connectivity index is 2.12. The van der Waals surface area contributed by atoms with Crippen LogP contribution in [0.1, 0.15) is 33.6 Å². The molecular formula is C16H10ClF6NO. The largest absolute Gasteiger partial charge is 0.418 e. The maximum absolute atomic E-state index is 13.6. The molecule has 0 aliphatic heterocycles. The van der Waals surface area contributed by atoms with Gasteiger partial charge < -0.3 is 4.57 Å². The van der Waals surface area contributed by atoms with Gasteiger partial charge in [-0.15, -0.1) is 0 Å². The van der Waals surface area contributed by atoms with Crippen molar-refractivity contribution in [3.8, 4) is 0 Å². The van der Waals surface area contributed by atoms with Crippen molar-refractivity contribution in [2.24, 2.45) is 0 Å². The Hall–Kier alpha value is -1.96. The van der Waals surface area contributed by atoms with Crippen LogP contribution >= 0.6 is 11.6 Å². The molecule has 2 nitrogen and oxygen atoms in total. The van der Waals surface area contributed by atoms with E-state index in [0.717, 1.165) is 16.7 Å². The van der Waals surface area contributed by atoms with E-state index in [1.807, 2.05) is 0 Å². The maximum atomic E-state index is 13.6. The van der Waals surface area contributed by atoms with Crippen molar-refractivity contribution in [2.75, 3.05) is 0 Å². The second-order valence-electron chi connectivity index (χ2n) is 5.80. The van der Waals surface area contributed by atoms with Crippen molar-refractivity contribution in [3.05, 3.63) is 57.6 Å². The molecule has 1 aromatic heterocycles. The molecule has 2 aromatic rings. The molecule has 0 unspecified atom stereocenters. The number of ketones is 1. The molecule has 1 aliphatic rings. The third-order valence-corrected chi connectivity index (χ3v) is 4.22. The van der Waals surface area contributed by atoms with Crippen molar-refractivity contribution in [1.29, 1.82) is 0 Å². The number of hydrogen-bond acceptors (Lipinski definition) is 1. The zero-order valence-corrected chi connectivity index (χ0v) is 13.2. The number of carbonyl (C=O) groups excluding carboxylic acids is 1. The molecule has 0 bridgehead atoms. The first-order chi connectivity index (χ1) is 11.5. The van der Waals surface area contributed by atoms with Gasteiger partial charge >= 0.3 is 12.1 Å². The third kappa shape index (κ3) is 3.27. The minimum atomic E-state index is -4.96. The number of alkyl halides is 5. The number of Topliss-reactive ketones (excluding diaryl/α,β-unsaturated/α-hetero) is 1. The fraction of sp³-hybridized carbons (Fsp3) is 0.312. The SMILES string of the molecule is O=C1c2c(C(F)(F)F)cn(Cc3cc(F)cc(Cl)c3)c2CCC1(F)F. The Bertz CT molecular complexity index is 835. The molecule has 9 heteroatoms. The average molecular weight is 382 g/mol. The van der Waals surface area contributed by atoms with Crippen molar-refractivity contribution >= 4 is 17.4 Å². The van der Waals surface area contributed by atoms with Crippen LogP contribution in [0.15, 0.2) is 24.4 Å². The Morgan fingerprint density at radius 2 is 1.88 bits per heavy atom. The smallest absolute Gasteiger partial charge is 0.346 e. The molecule has 0 spiro atoms. The highest BCUT2D eigenvalue weighted by Gasteiger charge is 2.50. The zero-order valence-electron chi connectivity index (χ0n) is 12.4. The molecule has 0 saturated heterocycles. The van der Waals surface area contributed by atoms with Crippen LogP contribution in [0.25, 0.3) is 0 Å². The Labute approximate surface area is 143 Å². The summed E-state index contributed by atoms with van der Waals surface area (Å²) in [5.41, 5.74) is -2.30.